The van der Waals surface area contributed by atoms with Crippen molar-refractivity contribution in [1.29, 1.82) is 5.26 Å². The molecule has 1 fully saturated rings. The summed E-state index contributed by atoms with van der Waals surface area (Å²) in [5.74, 6) is 1.39. The average molecular weight is 474 g/mol. The molecule has 3 rings (SSSR count). The van der Waals surface area contributed by atoms with Gasteiger partial charge in [-0.2, -0.15) is 5.26 Å². The van der Waals surface area contributed by atoms with Gasteiger partial charge in [0.05, 0.1) is 11.5 Å². The Labute approximate surface area is 214 Å². The Morgan fingerprint density at radius 3 is 1.97 bits per heavy atom. The first-order valence-corrected chi connectivity index (χ1v) is 14.5. The number of nitrogens with zero attached hydrogens (tertiary/aromatic N) is 3. The van der Waals surface area contributed by atoms with Crippen LogP contribution in [0.2, 0.25) is 0 Å². The molecule has 0 N–H and O–H groups in total. The van der Waals surface area contributed by atoms with Gasteiger partial charge in [-0.25, -0.2) is 9.97 Å². The van der Waals surface area contributed by atoms with Crippen LogP contribution in [0, 0.1) is 16.7 Å². The molecule has 1 heterocycles. The van der Waals surface area contributed by atoms with Crippen LogP contribution in [0.4, 0.5) is 0 Å². The number of unbranched alkanes of at least 4 members (excludes halogenated alkanes) is 9. The third-order valence-electron chi connectivity index (χ3n) is 8.10. The number of hydrogen-bond donors (Lipinski definition) is 0. The van der Waals surface area contributed by atoms with Crippen molar-refractivity contribution >= 4 is 0 Å². The molecule has 0 spiro atoms. The molecule has 2 aromatic rings. The van der Waals surface area contributed by atoms with Gasteiger partial charge in [-0.1, -0.05) is 102 Å². The minimum absolute atomic E-state index is 0.0766. The van der Waals surface area contributed by atoms with Gasteiger partial charge in [-0.3, -0.25) is 0 Å². The van der Waals surface area contributed by atoms with E-state index in [1.54, 1.807) is 0 Å². The third-order valence-corrected chi connectivity index (χ3v) is 8.10. The lowest BCUT2D eigenvalue weighted by Gasteiger charge is -2.35. The average Bonchev–Trinajstić information content (AvgIpc) is 2.91. The maximum Gasteiger partial charge on any atom is 0.159 e. The summed E-state index contributed by atoms with van der Waals surface area (Å²) in [5.41, 5.74) is 3.66. The van der Waals surface area contributed by atoms with Crippen molar-refractivity contribution in [1.82, 2.24) is 9.97 Å². The second-order valence-electron chi connectivity index (χ2n) is 10.9. The molecule has 1 aliphatic rings. The molecule has 0 unspecified atom stereocenters. The Kier molecular flexibility index (Phi) is 11.8. The summed E-state index contributed by atoms with van der Waals surface area (Å²) < 4.78 is 0. The monoisotopic (exact) mass is 473 g/mol. The molecule has 3 nitrogen and oxygen atoms in total. The van der Waals surface area contributed by atoms with Crippen molar-refractivity contribution in [3.63, 3.8) is 0 Å². The highest BCUT2D eigenvalue weighted by molar-refractivity contribution is 5.55. The van der Waals surface area contributed by atoms with Gasteiger partial charge in [0.15, 0.2) is 5.82 Å². The molecule has 0 atom stereocenters. The largest absolute Gasteiger partial charge is 0.236 e. The van der Waals surface area contributed by atoms with Gasteiger partial charge in [0.25, 0.3) is 0 Å². The van der Waals surface area contributed by atoms with Crippen molar-refractivity contribution in [2.24, 2.45) is 5.41 Å². The number of benzene rings is 1. The molecule has 0 amide bonds. The van der Waals surface area contributed by atoms with Crippen LogP contribution in [0.1, 0.15) is 134 Å². The summed E-state index contributed by atoms with van der Waals surface area (Å²) in [6, 6.07) is 11.6. The molecular weight excluding hydrogens is 426 g/mol. The fourth-order valence-electron chi connectivity index (χ4n) is 5.64. The fraction of sp³-hybridized carbons (Fsp3) is 0.656. The van der Waals surface area contributed by atoms with Gasteiger partial charge in [0, 0.05) is 18.0 Å². The smallest absolute Gasteiger partial charge is 0.159 e. The number of aryl methyl sites for hydroxylation is 1. The highest BCUT2D eigenvalue weighted by atomic mass is 14.9. The van der Waals surface area contributed by atoms with Gasteiger partial charge in [-0.15, -0.1) is 0 Å². The van der Waals surface area contributed by atoms with E-state index in [1.807, 2.05) is 12.4 Å². The zero-order chi connectivity index (χ0) is 24.8. The number of rotatable bonds is 15. The molecule has 1 aliphatic carbocycles. The predicted molar refractivity (Wildman–Crippen MR) is 147 cm³/mol. The molecule has 0 bridgehead atoms. The molecular formula is C32H47N3. The number of hydrogen-bond acceptors (Lipinski definition) is 3. The quantitative estimate of drug-likeness (QED) is 0.242. The molecule has 0 aliphatic heterocycles. The third kappa shape index (κ3) is 8.75. The van der Waals surface area contributed by atoms with E-state index in [9.17, 15) is 5.26 Å². The first-order chi connectivity index (χ1) is 17.2. The van der Waals surface area contributed by atoms with Crippen LogP contribution in [-0.4, -0.2) is 9.97 Å². The zero-order valence-corrected chi connectivity index (χ0v) is 22.4. The minimum Gasteiger partial charge on any atom is -0.236 e. The van der Waals surface area contributed by atoms with Crippen molar-refractivity contribution < 1.29 is 0 Å². The molecule has 0 radical (unpaired) electrons. The van der Waals surface area contributed by atoms with Crippen LogP contribution in [0.15, 0.2) is 36.7 Å². The molecule has 1 aromatic heterocycles. The summed E-state index contributed by atoms with van der Waals surface area (Å²) in [6.45, 7) is 4.52. The van der Waals surface area contributed by atoms with E-state index in [-0.39, 0.29) is 5.41 Å². The lowest BCUT2D eigenvalue weighted by molar-refractivity contribution is 0.223. The van der Waals surface area contributed by atoms with Crippen LogP contribution >= 0.6 is 0 Å². The first kappa shape index (κ1) is 27.4. The van der Waals surface area contributed by atoms with Crippen LogP contribution in [0.25, 0.3) is 11.4 Å². The maximum absolute atomic E-state index is 9.94. The molecule has 0 saturated heterocycles. The van der Waals surface area contributed by atoms with Crippen molar-refractivity contribution in [2.75, 3.05) is 0 Å². The number of aromatic nitrogens is 2. The van der Waals surface area contributed by atoms with Gasteiger partial charge in [-0.05, 0) is 62.0 Å². The summed E-state index contributed by atoms with van der Waals surface area (Å²) in [7, 11) is 0. The highest BCUT2D eigenvalue weighted by Gasteiger charge is 2.35. The normalized spacial score (nSPS) is 20.0. The van der Waals surface area contributed by atoms with Gasteiger partial charge >= 0.3 is 0 Å². The Bertz CT molecular complexity index is 871. The number of nitriles is 1. The van der Waals surface area contributed by atoms with E-state index < -0.39 is 0 Å². The summed E-state index contributed by atoms with van der Waals surface area (Å²) in [5, 5.41) is 9.94. The Hall–Kier alpha value is -2.21. The Morgan fingerprint density at radius 1 is 0.800 bits per heavy atom. The molecule has 190 valence electrons. The second kappa shape index (κ2) is 15.0. The van der Waals surface area contributed by atoms with E-state index in [2.05, 4.69) is 54.2 Å². The summed E-state index contributed by atoms with van der Waals surface area (Å²) in [6.07, 6.45) is 24.8. The summed E-state index contributed by atoms with van der Waals surface area (Å²) in [4.78, 5) is 9.28. The van der Waals surface area contributed by atoms with Crippen LogP contribution in [0.5, 0.6) is 0 Å². The zero-order valence-electron chi connectivity index (χ0n) is 22.4. The van der Waals surface area contributed by atoms with Crippen LogP contribution in [-0.2, 0) is 6.42 Å². The van der Waals surface area contributed by atoms with E-state index in [4.69, 9.17) is 0 Å². The van der Waals surface area contributed by atoms with Gasteiger partial charge in [0.2, 0.25) is 0 Å². The van der Waals surface area contributed by atoms with E-state index in [1.165, 1.54) is 81.8 Å². The SMILES string of the molecule is CCCCCCCCC1(C#N)CCC(c2ccc(-c3ncc(CCCCCCC)cn3)cc2)CC1. The van der Waals surface area contributed by atoms with Crippen molar-refractivity contribution in [3.05, 3.63) is 47.8 Å². The van der Waals surface area contributed by atoms with Gasteiger partial charge in [0.1, 0.15) is 0 Å². The first-order valence-electron chi connectivity index (χ1n) is 14.5. The molecule has 3 heteroatoms. The van der Waals surface area contributed by atoms with Crippen LogP contribution < -0.4 is 0 Å². The second-order valence-corrected chi connectivity index (χ2v) is 10.9. The fourth-order valence-corrected chi connectivity index (χ4v) is 5.64. The van der Waals surface area contributed by atoms with Crippen molar-refractivity contribution in [3.8, 4) is 17.5 Å². The summed E-state index contributed by atoms with van der Waals surface area (Å²) >= 11 is 0. The van der Waals surface area contributed by atoms with Crippen LogP contribution in [0.3, 0.4) is 0 Å². The van der Waals surface area contributed by atoms with E-state index >= 15 is 0 Å². The molecule has 1 saturated carbocycles. The highest BCUT2D eigenvalue weighted by Crippen LogP contribution is 2.45. The van der Waals surface area contributed by atoms with E-state index in [0.29, 0.717) is 5.92 Å². The predicted octanol–water partition coefficient (Wildman–Crippen LogP) is 9.57. The molecule has 35 heavy (non-hydrogen) atoms. The minimum atomic E-state index is -0.0766. The lowest BCUT2D eigenvalue weighted by Crippen LogP contribution is -2.25. The molecule has 1 aromatic carbocycles. The van der Waals surface area contributed by atoms with E-state index in [0.717, 1.165) is 49.9 Å². The Balaban J connectivity index is 1.46. The maximum atomic E-state index is 9.94. The lowest BCUT2D eigenvalue weighted by atomic mass is 9.67. The van der Waals surface area contributed by atoms with Gasteiger partial charge < -0.3 is 0 Å². The standard InChI is InChI=1S/C32H47N3/c1-3-5-7-9-11-13-21-32(26-33)22-19-29(20-23-32)28-15-17-30(18-16-28)31-34-24-27(25-35-31)14-12-10-8-6-4-2/h15-18,24-25,29H,3-14,19-23H2,1-2H3. The Morgan fingerprint density at radius 2 is 1.37 bits per heavy atom. The topological polar surface area (TPSA) is 49.6 Å². The van der Waals surface area contributed by atoms with Crippen molar-refractivity contribution in [2.45, 2.75) is 129 Å².